The first-order valence-electron chi connectivity index (χ1n) is 10.6. The van der Waals surface area contributed by atoms with Crippen LogP contribution < -0.4 is 4.90 Å². The van der Waals surface area contributed by atoms with Crippen LogP contribution in [0.15, 0.2) is 78.9 Å². The summed E-state index contributed by atoms with van der Waals surface area (Å²) < 4.78 is 10.5. The number of hydrogen-bond acceptors (Lipinski definition) is 5. The van der Waals surface area contributed by atoms with Gasteiger partial charge in [-0.05, 0) is 35.2 Å². The van der Waals surface area contributed by atoms with Gasteiger partial charge in [0.15, 0.2) is 5.41 Å². The third-order valence-electron chi connectivity index (χ3n) is 6.21. The SMILES string of the molecule is COC(=O)C1(C(=O)OC)Cc2ccc(C)cc2N(Cc2ccccc2)[C@H]1c1ccccc1. The van der Waals surface area contributed by atoms with Crippen LogP contribution in [0.1, 0.15) is 28.3 Å². The summed E-state index contributed by atoms with van der Waals surface area (Å²) in [6.07, 6.45) is 0.201. The lowest BCUT2D eigenvalue weighted by molar-refractivity contribution is -0.171. The number of carbonyl (C=O) groups excluding carboxylic acids is 2. The van der Waals surface area contributed by atoms with Crippen molar-refractivity contribution < 1.29 is 19.1 Å². The topological polar surface area (TPSA) is 55.8 Å². The fourth-order valence-corrected chi connectivity index (χ4v) is 4.76. The van der Waals surface area contributed by atoms with Crippen molar-refractivity contribution in [2.75, 3.05) is 19.1 Å². The molecule has 0 aromatic heterocycles. The molecule has 1 heterocycles. The van der Waals surface area contributed by atoms with E-state index in [4.69, 9.17) is 9.47 Å². The summed E-state index contributed by atoms with van der Waals surface area (Å²) in [5, 5.41) is 0. The summed E-state index contributed by atoms with van der Waals surface area (Å²) in [4.78, 5) is 28.9. The molecule has 32 heavy (non-hydrogen) atoms. The van der Waals surface area contributed by atoms with Crippen molar-refractivity contribution in [3.05, 3.63) is 101 Å². The number of rotatable bonds is 5. The largest absolute Gasteiger partial charge is 0.468 e. The van der Waals surface area contributed by atoms with E-state index in [2.05, 4.69) is 11.0 Å². The molecule has 164 valence electrons. The molecule has 5 nitrogen and oxygen atoms in total. The zero-order valence-electron chi connectivity index (χ0n) is 18.6. The maximum Gasteiger partial charge on any atom is 0.326 e. The fraction of sp³-hybridized carbons (Fsp3) is 0.259. The van der Waals surface area contributed by atoms with Crippen molar-refractivity contribution in [1.82, 2.24) is 0 Å². The highest BCUT2D eigenvalue weighted by molar-refractivity contribution is 6.03. The molecular formula is C27H27NO4. The Balaban J connectivity index is 2.01. The first-order valence-corrected chi connectivity index (χ1v) is 10.6. The van der Waals surface area contributed by atoms with Gasteiger partial charge < -0.3 is 14.4 Å². The first kappa shape index (κ1) is 21.6. The molecule has 0 unspecified atom stereocenters. The predicted molar refractivity (Wildman–Crippen MR) is 123 cm³/mol. The zero-order valence-corrected chi connectivity index (χ0v) is 18.6. The number of fused-ring (bicyclic) bond motifs is 1. The van der Waals surface area contributed by atoms with Gasteiger partial charge in [-0.15, -0.1) is 0 Å². The average Bonchev–Trinajstić information content (AvgIpc) is 2.84. The Bertz CT molecular complexity index is 1100. The normalized spacial score (nSPS) is 16.7. The second-order valence-corrected chi connectivity index (χ2v) is 8.19. The lowest BCUT2D eigenvalue weighted by Gasteiger charge is -2.48. The minimum Gasteiger partial charge on any atom is -0.468 e. The summed E-state index contributed by atoms with van der Waals surface area (Å²) in [6, 6.07) is 25.2. The van der Waals surface area contributed by atoms with Crippen LogP contribution >= 0.6 is 0 Å². The van der Waals surface area contributed by atoms with Gasteiger partial charge in [-0.3, -0.25) is 9.59 Å². The molecule has 0 radical (unpaired) electrons. The molecule has 0 saturated carbocycles. The highest BCUT2D eigenvalue weighted by Gasteiger charge is 2.59. The molecule has 0 saturated heterocycles. The van der Waals surface area contributed by atoms with Crippen molar-refractivity contribution in [1.29, 1.82) is 0 Å². The van der Waals surface area contributed by atoms with E-state index in [9.17, 15) is 9.59 Å². The van der Waals surface area contributed by atoms with Crippen LogP contribution in [0.2, 0.25) is 0 Å². The Kier molecular flexibility index (Phi) is 5.99. The Labute approximate surface area is 188 Å². The van der Waals surface area contributed by atoms with Gasteiger partial charge in [0.05, 0.1) is 20.3 Å². The summed E-state index contributed by atoms with van der Waals surface area (Å²) in [5.41, 5.74) is 3.41. The highest BCUT2D eigenvalue weighted by Crippen LogP contribution is 2.51. The molecule has 4 rings (SSSR count). The molecular weight excluding hydrogens is 402 g/mol. The number of methoxy groups -OCH3 is 2. The van der Waals surface area contributed by atoms with Crippen LogP contribution in [0.4, 0.5) is 5.69 Å². The summed E-state index contributed by atoms with van der Waals surface area (Å²) >= 11 is 0. The number of hydrogen-bond donors (Lipinski definition) is 0. The van der Waals surface area contributed by atoms with E-state index in [0.29, 0.717) is 6.54 Å². The maximum absolute atomic E-state index is 13.4. The Morgan fingerprint density at radius 3 is 2.09 bits per heavy atom. The summed E-state index contributed by atoms with van der Waals surface area (Å²) in [6.45, 7) is 2.56. The van der Waals surface area contributed by atoms with Crippen LogP contribution in [-0.2, 0) is 32.0 Å². The third-order valence-corrected chi connectivity index (χ3v) is 6.21. The van der Waals surface area contributed by atoms with Gasteiger partial charge in [0.25, 0.3) is 0 Å². The van der Waals surface area contributed by atoms with Gasteiger partial charge in [-0.2, -0.15) is 0 Å². The number of carbonyl (C=O) groups is 2. The van der Waals surface area contributed by atoms with Crippen LogP contribution in [0.3, 0.4) is 0 Å². The maximum atomic E-state index is 13.4. The second kappa shape index (κ2) is 8.87. The molecule has 0 fully saturated rings. The van der Waals surface area contributed by atoms with Crippen LogP contribution in [0.25, 0.3) is 0 Å². The number of nitrogens with zero attached hydrogens (tertiary/aromatic N) is 1. The van der Waals surface area contributed by atoms with E-state index >= 15 is 0 Å². The molecule has 0 bridgehead atoms. The monoisotopic (exact) mass is 429 g/mol. The lowest BCUT2D eigenvalue weighted by atomic mass is 9.68. The number of ether oxygens (including phenoxy) is 2. The molecule has 0 amide bonds. The van der Waals surface area contributed by atoms with Crippen molar-refractivity contribution in [3.8, 4) is 0 Å². The van der Waals surface area contributed by atoms with Gasteiger partial charge >= 0.3 is 11.9 Å². The van der Waals surface area contributed by atoms with E-state index < -0.39 is 23.4 Å². The third kappa shape index (κ3) is 3.64. The quantitative estimate of drug-likeness (QED) is 0.437. The fourth-order valence-electron chi connectivity index (χ4n) is 4.76. The van der Waals surface area contributed by atoms with Crippen LogP contribution in [0, 0.1) is 12.3 Å². The van der Waals surface area contributed by atoms with Gasteiger partial charge in [0.1, 0.15) is 0 Å². The standard InChI is InChI=1S/C27H27NO4/c1-19-14-15-22-17-27(25(29)31-2,26(30)32-3)24(21-12-8-5-9-13-21)28(23(22)16-19)18-20-10-6-4-7-11-20/h4-16,24H,17-18H2,1-3H3/t24-/m0/s1. The van der Waals surface area contributed by atoms with E-state index in [1.807, 2.05) is 79.7 Å². The Hall–Kier alpha value is -3.60. The van der Waals surface area contributed by atoms with Crippen molar-refractivity contribution in [2.45, 2.75) is 25.9 Å². The number of benzene rings is 3. The molecule has 1 aliphatic rings. The van der Waals surface area contributed by atoms with Crippen LogP contribution in [0.5, 0.6) is 0 Å². The van der Waals surface area contributed by atoms with Gasteiger partial charge in [-0.1, -0.05) is 72.8 Å². The minimum absolute atomic E-state index is 0.201. The molecule has 1 atom stereocenters. The van der Waals surface area contributed by atoms with Crippen LogP contribution in [-0.4, -0.2) is 26.2 Å². The van der Waals surface area contributed by atoms with Crippen molar-refractivity contribution in [3.63, 3.8) is 0 Å². The highest BCUT2D eigenvalue weighted by atomic mass is 16.5. The van der Waals surface area contributed by atoms with Gasteiger partial charge in [0, 0.05) is 18.7 Å². The predicted octanol–water partition coefficient (Wildman–Crippen LogP) is 4.63. The van der Waals surface area contributed by atoms with E-state index in [1.165, 1.54) is 14.2 Å². The van der Waals surface area contributed by atoms with E-state index in [-0.39, 0.29) is 6.42 Å². The average molecular weight is 430 g/mol. The van der Waals surface area contributed by atoms with Gasteiger partial charge in [-0.25, -0.2) is 0 Å². The number of esters is 2. The Morgan fingerprint density at radius 2 is 1.50 bits per heavy atom. The smallest absolute Gasteiger partial charge is 0.326 e. The summed E-state index contributed by atoms with van der Waals surface area (Å²) in [5.74, 6) is -1.19. The van der Waals surface area contributed by atoms with E-state index in [0.717, 1.165) is 27.9 Å². The number of aryl methyl sites for hydroxylation is 1. The molecule has 3 aromatic rings. The zero-order chi connectivity index (χ0) is 22.7. The van der Waals surface area contributed by atoms with Gasteiger partial charge in [0.2, 0.25) is 0 Å². The molecule has 1 aliphatic heterocycles. The summed E-state index contributed by atoms with van der Waals surface area (Å²) in [7, 11) is 2.64. The van der Waals surface area contributed by atoms with Crippen molar-refractivity contribution >= 4 is 17.6 Å². The first-order chi connectivity index (χ1) is 15.5. The van der Waals surface area contributed by atoms with E-state index in [1.54, 1.807) is 0 Å². The molecule has 5 heteroatoms. The lowest BCUT2D eigenvalue weighted by Crippen LogP contribution is -2.56. The molecule has 0 N–H and O–H groups in total. The minimum atomic E-state index is -1.54. The molecule has 0 spiro atoms. The Morgan fingerprint density at radius 1 is 0.906 bits per heavy atom. The molecule has 0 aliphatic carbocycles. The van der Waals surface area contributed by atoms with Crippen molar-refractivity contribution in [2.24, 2.45) is 5.41 Å². The number of anilines is 1. The second-order valence-electron chi connectivity index (χ2n) is 8.19. The molecule has 3 aromatic carbocycles.